The molecule has 3 N–H and O–H groups in total. The molecule has 0 spiro atoms. The molecule has 2 rings (SSSR count). The first-order valence-electron chi connectivity index (χ1n) is 7.09. The van der Waals surface area contributed by atoms with Crippen LogP contribution in [0, 0.1) is 0 Å². The van der Waals surface area contributed by atoms with E-state index >= 15 is 0 Å². The Morgan fingerprint density at radius 3 is 2.53 bits per heavy atom. The van der Waals surface area contributed by atoms with Crippen LogP contribution < -0.4 is 11.1 Å². The first-order valence-corrected chi connectivity index (χ1v) is 7.09. The van der Waals surface area contributed by atoms with Crippen molar-refractivity contribution in [3.8, 4) is 0 Å². The summed E-state index contributed by atoms with van der Waals surface area (Å²) >= 11 is 0. The second kappa shape index (κ2) is 7.26. The molecule has 1 fully saturated rings. The molecule has 0 radical (unpaired) electrons. The van der Waals surface area contributed by atoms with Crippen molar-refractivity contribution in [2.45, 2.75) is 25.7 Å². The van der Waals surface area contributed by atoms with Crippen LogP contribution in [0.5, 0.6) is 0 Å². The number of nitrogens with zero attached hydrogens (tertiary/aromatic N) is 1. The lowest BCUT2D eigenvalue weighted by atomic mass is 10.1. The molecule has 0 atom stereocenters. The average molecular weight is 261 g/mol. The van der Waals surface area contributed by atoms with Crippen LogP contribution >= 0.6 is 0 Å². The second-order valence-corrected chi connectivity index (χ2v) is 5.08. The average Bonchev–Trinajstić information content (AvgIpc) is 2.91. The van der Waals surface area contributed by atoms with E-state index in [4.69, 9.17) is 5.73 Å². The molecular weight excluding hydrogens is 238 g/mol. The highest BCUT2D eigenvalue weighted by Gasteiger charge is 2.10. The molecule has 0 unspecified atom stereocenters. The van der Waals surface area contributed by atoms with Gasteiger partial charge in [0.1, 0.15) is 0 Å². The Labute approximate surface area is 115 Å². The maximum Gasteiger partial charge on any atom is 0.225 e. The van der Waals surface area contributed by atoms with E-state index in [2.05, 4.69) is 22.3 Å². The van der Waals surface area contributed by atoms with Crippen molar-refractivity contribution in [1.29, 1.82) is 0 Å². The third-order valence-electron chi connectivity index (χ3n) is 3.52. The highest BCUT2D eigenvalue weighted by atomic mass is 16.1. The van der Waals surface area contributed by atoms with Crippen LogP contribution in [-0.4, -0.2) is 37.0 Å². The van der Waals surface area contributed by atoms with Crippen molar-refractivity contribution in [2.75, 3.05) is 31.5 Å². The van der Waals surface area contributed by atoms with Crippen LogP contribution in [0.1, 0.15) is 24.8 Å². The normalized spacial score (nSPS) is 15.6. The summed E-state index contributed by atoms with van der Waals surface area (Å²) in [4.78, 5) is 13.9. The molecular formula is C15H23N3O. The molecule has 1 saturated heterocycles. The minimum absolute atomic E-state index is 0.0210. The first kappa shape index (κ1) is 14.0. The monoisotopic (exact) mass is 261 g/mol. The van der Waals surface area contributed by atoms with Crippen molar-refractivity contribution in [3.05, 3.63) is 29.8 Å². The van der Waals surface area contributed by atoms with Gasteiger partial charge in [-0.15, -0.1) is 0 Å². The SMILES string of the molecule is NCCC(=O)Nc1ccc(CCN2CCCC2)cc1. The number of likely N-dealkylation sites (tertiary alicyclic amines) is 1. The summed E-state index contributed by atoms with van der Waals surface area (Å²) in [5.74, 6) is -0.0210. The molecule has 4 heteroatoms. The number of nitrogens with one attached hydrogen (secondary N) is 1. The fourth-order valence-corrected chi connectivity index (χ4v) is 2.40. The summed E-state index contributed by atoms with van der Waals surface area (Å²) < 4.78 is 0. The van der Waals surface area contributed by atoms with Crippen LogP contribution in [0.4, 0.5) is 5.69 Å². The predicted molar refractivity (Wildman–Crippen MR) is 78.1 cm³/mol. The highest BCUT2D eigenvalue weighted by Crippen LogP contribution is 2.12. The minimum atomic E-state index is -0.0210. The number of amides is 1. The number of rotatable bonds is 6. The maximum absolute atomic E-state index is 11.4. The molecule has 1 heterocycles. The first-order chi connectivity index (χ1) is 9.28. The topological polar surface area (TPSA) is 58.4 Å². The number of nitrogens with two attached hydrogens (primary N) is 1. The van der Waals surface area contributed by atoms with Gasteiger partial charge in [0.05, 0.1) is 0 Å². The van der Waals surface area contributed by atoms with E-state index in [-0.39, 0.29) is 5.91 Å². The van der Waals surface area contributed by atoms with E-state index in [1.165, 1.54) is 31.5 Å². The van der Waals surface area contributed by atoms with Crippen LogP contribution in [0.15, 0.2) is 24.3 Å². The maximum atomic E-state index is 11.4. The molecule has 1 aromatic rings. The quantitative estimate of drug-likeness (QED) is 0.818. The Bertz CT molecular complexity index is 396. The summed E-state index contributed by atoms with van der Waals surface area (Å²) in [5.41, 5.74) is 7.51. The fourth-order valence-electron chi connectivity index (χ4n) is 2.40. The second-order valence-electron chi connectivity index (χ2n) is 5.08. The van der Waals surface area contributed by atoms with Gasteiger partial charge < -0.3 is 16.0 Å². The Kier molecular flexibility index (Phi) is 5.36. The summed E-state index contributed by atoms with van der Waals surface area (Å²) in [5, 5.41) is 2.84. The van der Waals surface area contributed by atoms with Crippen molar-refractivity contribution < 1.29 is 4.79 Å². The molecule has 4 nitrogen and oxygen atoms in total. The van der Waals surface area contributed by atoms with Gasteiger partial charge >= 0.3 is 0 Å². The van der Waals surface area contributed by atoms with E-state index in [9.17, 15) is 4.79 Å². The van der Waals surface area contributed by atoms with E-state index in [0.29, 0.717) is 13.0 Å². The summed E-state index contributed by atoms with van der Waals surface area (Å²) in [7, 11) is 0. The lowest BCUT2D eigenvalue weighted by molar-refractivity contribution is -0.116. The van der Waals surface area contributed by atoms with Crippen molar-refractivity contribution >= 4 is 11.6 Å². The number of hydrogen-bond donors (Lipinski definition) is 2. The highest BCUT2D eigenvalue weighted by molar-refractivity contribution is 5.90. The van der Waals surface area contributed by atoms with Crippen LogP contribution in [0.2, 0.25) is 0 Å². The molecule has 1 aliphatic rings. The van der Waals surface area contributed by atoms with Gasteiger partial charge in [-0.3, -0.25) is 4.79 Å². The number of benzene rings is 1. The van der Waals surface area contributed by atoms with Crippen molar-refractivity contribution in [3.63, 3.8) is 0 Å². The zero-order valence-corrected chi connectivity index (χ0v) is 11.4. The van der Waals surface area contributed by atoms with E-state index < -0.39 is 0 Å². The van der Waals surface area contributed by atoms with Gasteiger partial charge in [-0.1, -0.05) is 12.1 Å². The molecule has 104 valence electrons. The van der Waals surface area contributed by atoms with Gasteiger partial charge in [-0.05, 0) is 50.0 Å². The number of hydrogen-bond acceptors (Lipinski definition) is 3. The standard InChI is InChI=1S/C15H23N3O/c16-9-7-15(19)17-14-5-3-13(4-6-14)8-12-18-10-1-2-11-18/h3-6H,1-2,7-12,16H2,(H,17,19). The molecule has 0 saturated carbocycles. The van der Waals surface area contributed by atoms with Gasteiger partial charge in [0, 0.05) is 25.2 Å². The Hall–Kier alpha value is -1.39. The molecule has 1 aromatic carbocycles. The van der Waals surface area contributed by atoms with Gasteiger partial charge in [-0.25, -0.2) is 0 Å². The van der Waals surface area contributed by atoms with E-state index in [1.54, 1.807) is 0 Å². The molecule has 0 aromatic heterocycles. The van der Waals surface area contributed by atoms with Gasteiger partial charge in [0.2, 0.25) is 5.91 Å². The largest absolute Gasteiger partial charge is 0.330 e. The van der Waals surface area contributed by atoms with Gasteiger partial charge in [0.15, 0.2) is 0 Å². The van der Waals surface area contributed by atoms with E-state index in [1.807, 2.05) is 12.1 Å². The Morgan fingerprint density at radius 2 is 1.89 bits per heavy atom. The number of carbonyl (C=O) groups excluding carboxylic acids is 1. The van der Waals surface area contributed by atoms with Crippen LogP contribution in [-0.2, 0) is 11.2 Å². The van der Waals surface area contributed by atoms with E-state index in [0.717, 1.165) is 18.7 Å². The lowest BCUT2D eigenvalue weighted by Gasteiger charge is -2.14. The fraction of sp³-hybridized carbons (Fsp3) is 0.533. The number of anilines is 1. The summed E-state index contributed by atoms with van der Waals surface area (Å²) in [6.07, 6.45) is 4.13. The smallest absolute Gasteiger partial charge is 0.225 e. The molecule has 19 heavy (non-hydrogen) atoms. The molecule has 1 aliphatic heterocycles. The molecule has 0 bridgehead atoms. The predicted octanol–water partition coefficient (Wildman–Crippen LogP) is 1.61. The zero-order valence-electron chi connectivity index (χ0n) is 11.4. The van der Waals surface area contributed by atoms with Crippen LogP contribution in [0.25, 0.3) is 0 Å². The van der Waals surface area contributed by atoms with Crippen LogP contribution in [0.3, 0.4) is 0 Å². The summed E-state index contributed by atoms with van der Waals surface area (Å²) in [6, 6.07) is 8.11. The molecule has 0 aliphatic carbocycles. The van der Waals surface area contributed by atoms with Crippen molar-refractivity contribution in [2.24, 2.45) is 5.73 Å². The molecule has 1 amide bonds. The van der Waals surface area contributed by atoms with Gasteiger partial charge in [0.25, 0.3) is 0 Å². The number of carbonyl (C=O) groups is 1. The third kappa shape index (κ3) is 4.65. The minimum Gasteiger partial charge on any atom is -0.330 e. The Balaban J connectivity index is 1.78. The lowest BCUT2D eigenvalue weighted by Crippen LogP contribution is -2.21. The summed E-state index contributed by atoms with van der Waals surface area (Å²) in [6.45, 7) is 4.01. The Morgan fingerprint density at radius 1 is 1.21 bits per heavy atom. The van der Waals surface area contributed by atoms with Crippen molar-refractivity contribution in [1.82, 2.24) is 4.90 Å². The zero-order chi connectivity index (χ0) is 13.5. The van der Waals surface area contributed by atoms with Gasteiger partial charge in [-0.2, -0.15) is 0 Å². The third-order valence-corrected chi connectivity index (χ3v) is 3.52.